The molecule has 0 atom stereocenters. The molecule has 0 spiro atoms. The molecule has 7 heteroatoms. The molecular weight excluding hydrogens is 179 g/mol. The molecule has 0 fully saturated rings. The maximum atomic E-state index is 5.20. The number of nitrogens with zero attached hydrogens (tertiary/aromatic N) is 3. The number of anilines is 1. The fraction of sp³-hybridized carbons (Fsp3) is 0. The third-order valence-electron chi connectivity index (χ3n) is 0.629. The zero-order valence-electron chi connectivity index (χ0n) is 4.31. The van der Waals surface area contributed by atoms with Crippen LogP contribution < -0.4 is 5.73 Å². The van der Waals surface area contributed by atoms with Gasteiger partial charge in [0.05, 0.1) is 0 Å². The Morgan fingerprint density at radius 2 is 1.40 bits per heavy atom. The molecule has 0 bridgehead atoms. The first kappa shape index (κ1) is 10.5. The Hall–Kier alpha value is 0.510. The van der Waals surface area contributed by atoms with Gasteiger partial charge < -0.3 is 5.73 Å². The van der Waals surface area contributed by atoms with Crippen molar-refractivity contribution in [3.05, 3.63) is 0 Å². The van der Waals surface area contributed by atoms with Gasteiger partial charge in [-0.05, 0) is 0 Å². The van der Waals surface area contributed by atoms with Crippen molar-refractivity contribution >= 4 is 60.8 Å². The van der Waals surface area contributed by atoms with Crippen molar-refractivity contribution in [3.63, 3.8) is 0 Å². The van der Waals surface area contributed by atoms with Gasteiger partial charge in [0.25, 0.3) is 0 Å². The van der Waals surface area contributed by atoms with Crippen LogP contribution in [0.1, 0.15) is 0 Å². The second-order valence-electron chi connectivity index (χ2n) is 1.29. The van der Waals surface area contributed by atoms with Crippen LogP contribution in [0.3, 0.4) is 0 Å². The Labute approximate surface area is 91.2 Å². The van der Waals surface area contributed by atoms with Gasteiger partial charge in [0.2, 0.25) is 5.95 Å². The number of hydrogen-bond acceptors (Lipinski definition) is 6. The van der Waals surface area contributed by atoms with Gasteiger partial charge in [0.1, 0.15) is 0 Å². The molecule has 0 unspecified atom stereocenters. The van der Waals surface area contributed by atoms with Gasteiger partial charge in [-0.2, -0.15) is 15.0 Å². The van der Waals surface area contributed by atoms with E-state index in [1.165, 1.54) is 0 Å². The molecule has 0 aliphatic heterocycles. The zero-order valence-corrected chi connectivity index (χ0v) is 6.10. The Morgan fingerprint density at radius 3 is 1.70 bits per heavy atom. The minimum absolute atomic E-state index is 0. The first-order valence-electron chi connectivity index (χ1n) is 2.08. The quantitative estimate of drug-likeness (QED) is 0.371. The van der Waals surface area contributed by atoms with Gasteiger partial charge in [0.15, 0.2) is 10.3 Å². The second-order valence-corrected chi connectivity index (χ2v) is 2.09. The molecule has 4 nitrogen and oxygen atoms in total. The van der Waals surface area contributed by atoms with Crippen LogP contribution in [0.5, 0.6) is 0 Å². The molecule has 0 saturated heterocycles. The molecule has 2 N–H and O–H groups in total. The van der Waals surface area contributed by atoms with Crippen LogP contribution in [0.25, 0.3) is 0 Å². The predicted octanol–water partition coefficient (Wildman–Crippen LogP) is -0.617. The fourth-order valence-electron chi connectivity index (χ4n) is 0.369. The molecule has 0 amide bonds. The van der Waals surface area contributed by atoms with Crippen LogP contribution in [0.4, 0.5) is 5.95 Å². The summed E-state index contributed by atoms with van der Waals surface area (Å²) in [7, 11) is 0. The number of nitrogens with two attached hydrogens (primary N) is 1. The van der Waals surface area contributed by atoms with E-state index in [0.29, 0.717) is 0 Å². The van der Waals surface area contributed by atoms with Gasteiger partial charge in [0, 0.05) is 0 Å². The van der Waals surface area contributed by atoms with Crippen LogP contribution in [0, 0.1) is 0 Å². The Kier molecular flexibility index (Phi) is 4.63. The van der Waals surface area contributed by atoms with Gasteiger partial charge in [-0.25, -0.2) is 0 Å². The second kappa shape index (κ2) is 4.40. The van der Waals surface area contributed by atoms with Crippen molar-refractivity contribution in [2.75, 3.05) is 5.73 Å². The molecule has 10 heavy (non-hydrogen) atoms. The zero-order chi connectivity index (χ0) is 6.85. The third-order valence-corrected chi connectivity index (χ3v) is 1.03. The topological polar surface area (TPSA) is 64.7 Å². The van der Waals surface area contributed by atoms with Crippen molar-refractivity contribution < 1.29 is 0 Å². The summed E-state index contributed by atoms with van der Waals surface area (Å²) >= 11 is 7.67. The molecule has 1 rings (SSSR count). The van der Waals surface area contributed by atoms with E-state index < -0.39 is 0 Å². The molecule has 0 saturated carbocycles. The van der Waals surface area contributed by atoms with Gasteiger partial charge in [-0.15, -0.1) is 25.3 Å². The number of rotatable bonds is 0. The Balaban J connectivity index is 0.000000810. The molecule has 0 aliphatic carbocycles. The molecule has 0 radical (unpaired) electrons. The van der Waals surface area contributed by atoms with Gasteiger partial charge in [-0.1, -0.05) is 0 Å². The molecule has 1 heterocycles. The molecule has 0 aromatic carbocycles. The first-order valence-corrected chi connectivity index (χ1v) is 2.97. The Morgan fingerprint density at radius 1 is 1.00 bits per heavy atom. The van der Waals surface area contributed by atoms with Crippen LogP contribution in [0.2, 0.25) is 0 Å². The van der Waals surface area contributed by atoms with Crippen molar-refractivity contribution in [2.45, 2.75) is 10.3 Å². The summed E-state index contributed by atoms with van der Waals surface area (Å²) in [5.74, 6) is 0.139. The van der Waals surface area contributed by atoms with Crippen molar-refractivity contribution in [1.29, 1.82) is 0 Å². The summed E-state index contributed by atoms with van der Waals surface area (Å²) in [5, 5.41) is 0.569. The van der Waals surface area contributed by atoms with Crippen molar-refractivity contribution in [1.82, 2.24) is 15.0 Å². The van der Waals surface area contributed by atoms with E-state index in [4.69, 9.17) is 5.73 Å². The normalized spacial score (nSPS) is 8.60. The molecule has 50 valence electrons. The van der Waals surface area contributed by atoms with E-state index >= 15 is 0 Å². The maximum absolute atomic E-state index is 5.20. The van der Waals surface area contributed by atoms with Gasteiger partial charge in [-0.3, -0.25) is 0 Å². The number of thiol groups is 2. The van der Waals surface area contributed by atoms with E-state index in [0.717, 1.165) is 0 Å². The van der Waals surface area contributed by atoms with Gasteiger partial charge >= 0.3 is 29.6 Å². The molecular formula is C3H5N4NaS2. The summed E-state index contributed by atoms with van der Waals surface area (Å²) in [4.78, 5) is 10.9. The summed E-state index contributed by atoms with van der Waals surface area (Å²) in [6.45, 7) is 0. The third kappa shape index (κ3) is 3.07. The van der Waals surface area contributed by atoms with Crippen LogP contribution in [-0.4, -0.2) is 44.5 Å². The molecule has 0 aliphatic rings. The summed E-state index contributed by atoms with van der Waals surface area (Å²) in [6, 6.07) is 0. The Bertz CT molecular complexity index is 179. The van der Waals surface area contributed by atoms with E-state index in [2.05, 4.69) is 40.2 Å². The monoisotopic (exact) mass is 184 g/mol. The van der Waals surface area contributed by atoms with E-state index in [1.807, 2.05) is 0 Å². The van der Waals surface area contributed by atoms with E-state index in [-0.39, 0.29) is 45.8 Å². The predicted molar refractivity (Wildman–Crippen MR) is 45.9 cm³/mol. The number of aromatic nitrogens is 3. The first-order chi connectivity index (χ1) is 4.18. The van der Waals surface area contributed by atoms with Crippen molar-refractivity contribution in [2.24, 2.45) is 0 Å². The van der Waals surface area contributed by atoms with Crippen LogP contribution in [-0.2, 0) is 0 Å². The summed E-state index contributed by atoms with van der Waals surface area (Å²) in [6.07, 6.45) is 0. The minimum atomic E-state index is 0. The molecule has 1 aromatic rings. The standard InChI is InChI=1S/C3H4N4S2.Na.H/c4-1-5-2(8)7-3(9)6-1;;/h(H4,4,5,6,7,8,9);;. The average Bonchev–Trinajstić information content (AvgIpc) is 1.59. The fourth-order valence-corrected chi connectivity index (χ4v) is 0.843. The SMILES string of the molecule is Nc1nc(S)nc(S)n1.[NaH]. The number of hydrogen-bond donors (Lipinski definition) is 3. The summed E-state index contributed by atoms with van der Waals surface area (Å²) < 4.78 is 0. The van der Waals surface area contributed by atoms with Crippen molar-refractivity contribution in [3.8, 4) is 0 Å². The molecule has 1 aromatic heterocycles. The average molecular weight is 184 g/mol. The summed E-state index contributed by atoms with van der Waals surface area (Å²) in [5.41, 5.74) is 5.20. The van der Waals surface area contributed by atoms with E-state index in [9.17, 15) is 0 Å². The van der Waals surface area contributed by atoms with E-state index in [1.54, 1.807) is 0 Å². The number of nitrogen functional groups attached to an aromatic ring is 1. The van der Waals surface area contributed by atoms with Crippen LogP contribution >= 0.6 is 25.3 Å². The van der Waals surface area contributed by atoms with Crippen LogP contribution in [0.15, 0.2) is 10.3 Å².